The molecule has 0 fully saturated rings. The van der Waals surface area contributed by atoms with Gasteiger partial charge >= 0.3 is 0 Å². The molecular weight excluding hydrogens is 292 g/mol. The number of carbonyl (C=O) groups excluding carboxylic acids is 1. The number of nitrogens with zero attached hydrogens (tertiary/aromatic N) is 1. The van der Waals surface area contributed by atoms with Crippen molar-refractivity contribution in [1.82, 2.24) is 10.3 Å². The fraction of sp³-hybridized carbons (Fsp3) is 0.556. The Balaban J connectivity index is 1.80. The summed E-state index contributed by atoms with van der Waals surface area (Å²) in [5, 5.41) is 12.1. The molecule has 2 rings (SSSR count). The van der Waals surface area contributed by atoms with Crippen molar-refractivity contribution in [2.45, 2.75) is 51.7 Å². The fourth-order valence-electron chi connectivity index (χ4n) is 2.50. The summed E-state index contributed by atoms with van der Waals surface area (Å²) >= 11 is 0. The van der Waals surface area contributed by atoms with Crippen molar-refractivity contribution in [3.63, 3.8) is 0 Å². The van der Waals surface area contributed by atoms with E-state index in [0.29, 0.717) is 18.7 Å². The summed E-state index contributed by atoms with van der Waals surface area (Å²) in [5.74, 6) is 0.746. The number of aliphatic hydroxyl groups excluding tert-OH is 1. The number of hydrogen-bond acceptors (Lipinski definition) is 4. The standard InChI is InChI=1S/C18H26N2O3/c1-18(2,3)23-17-6-4-5-14(20-17)9-10-16(22)19-15-8-7-13(11-15)12-21/h4-8,13,15,21H,9-12H2,1-3H3,(H,19,22)/t13-,15+/m0/s1. The van der Waals surface area contributed by atoms with E-state index in [1.165, 1.54) is 0 Å². The van der Waals surface area contributed by atoms with E-state index in [-0.39, 0.29) is 30.1 Å². The summed E-state index contributed by atoms with van der Waals surface area (Å²) in [6, 6.07) is 5.66. The maximum absolute atomic E-state index is 12.0. The van der Waals surface area contributed by atoms with Crippen molar-refractivity contribution in [3.05, 3.63) is 36.0 Å². The summed E-state index contributed by atoms with van der Waals surface area (Å²) < 4.78 is 5.74. The zero-order valence-electron chi connectivity index (χ0n) is 14.1. The van der Waals surface area contributed by atoms with Crippen LogP contribution in [0.4, 0.5) is 0 Å². The van der Waals surface area contributed by atoms with Crippen LogP contribution >= 0.6 is 0 Å². The quantitative estimate of drug-likeness (QED) is 0.789. The Hall–Kier alpha value is -1.88. The first kappa shape index (κ1) is 17.5. The number of nitrogens with one attached hydrogen (secondary N) is 1. The van der Waals surface area contributed by atoms with Crippen LogP contribution in [-0.2, 0) is 11.2 Å². The fourth-order valence-corrected chi connectivity index (χ4v) is 2.50. The lowest BCUT2D eigenvalue weighted by atomic mass is 10.1. The molecule has 1 aliphatic carbocycles. The minimum absolute atomic E-state index is 0.00202. The summed E-state index contributed by atoms with van der Waals surface area (Å²) in [4.78, 5) is 16.5. The van der Waals surface area contributed by atoms with E-state index in [9.17, 15) is 4.79 Å². The highest BCUT2D eigenvalue weighted by Crippen LogP contribution is 2.18. The molecule has 0 saturated carbocycles. The molecule has 0 aromatic carbocycles. The van der Waals surface area contributed by atoms with Gasteiger partial charge in [0.1, 0.15) is 5.60 Å². The van der Waals surface area contributed by atoms with Gasteiger partial charge in [-0.15, -0.1) is 0 Å². The predicted molar refractivity (Wildman–Crippen MR) is 89.2 cm³/mol. The molecule has 1 heterocycles. The minimum atomic E-state index is -0.291. The first-order valence-corrected chi connectivity index (χ1v) is 8.09. The average Bonchev–Trinajstić information content (AvgIpc) is 2.91. The van der Waals surface area contributed by atoms with Crippen LogP contribution in [0.2, 0.25) is 0 Å². The van der Waals surface area contributed by atoms with E-state index < -0.39 is 0 Å². The number of carbonyl (C=O) groups is 1. The minimum Gasteiger partial charge on any atom is -0.472 e. The van der Waals surface area contributed by atoms with Gasteiger partial charge in [0.25, 0.3) is 0 Å². The number of ether oxygens (including phenoxy) is 1. The van der Waals surface area contributed by atoms with E-state index in [1.54, 1.807) is 0 Å². The van der Waals surface area contributed by atoms with Crippen molar-refractivity contribution in [2.24, 2.45) is 5.92 Å². The van der Waals surface area contributed by atoms with E-state index >= 15 is 0 Å². The highest BCUT2D eigenvalue weighted by atomic mass is 16.5. The Morgan fingerprint density at radius 1 is 1.39 bits per heavy atom. The van der Waals surface area contributed by atoms with Crippen LogP contribution in [0.25, 0.3) is 0 Å². The second-order valence-corrected chi connectivity index (χ2v) is 6.92. The van der Waals surface area contributed by atoms with Crippen molar-refractivity contribution in [1.29, 1.82) is 0 Å². The van der Waals surface area contributed by atoms with Crippen molar-refractivity contribution in [3.8, 4) is 5.88 Å². The molecule has 0 unspecified atom stereocenters. The van der Waals surface area contributed by atoms with Gasteiger partial charge in [0, 0.05) is 36.7 Å². The summed E-state index contributed by atoms with van der Waals surface area (Å²) in [5.41, 5.74) is 0.554. The monoisotopic (exact) mass is 318 g/mol. The van der Waals surface area contributed by atoms with Crippen LogP contribution in [-0.4, -0.2) is 34.2 Å². The molecule has 0 saturated heterocycles. The average molecular weight is 318 g/mol. The lowest BCUT2D eigenvalue weighted by molar-refractivity contribution is -0.121. The van der Waals surface area contributed by atoms with Gasteiger partial charge in [-0.2, -0.15) is 0 Å². The van der Waals surface area contributed by atoms with Gasteiger partial charge in [-0.25, -0.2) is 4.98 Å². The SMILES string of the molecule is CC(C)(C)Oc1cccc(CCC(=O)N[C@@H]2C=C[C@H](CO)C2)n1. The number of amides is 1. The molecule has 1 amide bonds. The third kappa shape index (κ3) is 6.02. The largest absolute Gasteiger partial charge is 0.472 e. The van der Waals surface area contributed by atoms with Gasteiger partial charge in [-0.1, -0.05) is 18.2 Å². The molecule has 0 spiro atoms. The van der Waals surface area contributed by atoms with E-state index in [2.05, 4.69) is 10.3 Å². The number of aliphatic hydroxyl groups is 1. The van der Waals surface area contributed by atoms with Gasteiger partial charge in [0.15, 0.2) is 0 Å². The molecule has 1 aliphatic rings. The van der Waals surface area contributed by atoms with Crippen LogP contribution in [0.3, 0.4) is 0 Å². The molecule has 0 bridgehead atoms. The second-order valence-electron chi connectivity index (χ2n) is 6.92. The number of rotatable bonds is 6. The highest BCUT2D eigenvalue weighted by molar-refractivity contribution is 5.76. The Morgan fingerprint density at radius 3 is 2.83 bits per heavy atom. The molecule has 0 radical (unpaired) electrons. The first-order chi connectivity index (χ1) is 10.9. The molecular formula is C18H26N2O3. The first-order valence-electron chi connectivity index (χ1n) is 8.09. The van der Waals surface area contributed by atoms with Crippen LogP contribution in [0, 0.1) is 5.92 Å². The molecule has 2 N–H and O–H groups in total. The lowest BCUT2D eigenvalue weighted by Crippen LogP contribution is -2.33. The Bertz CT molecular complexity index is 564. The van der Waals surface area contributed by atoms with E-state index in [4.69, 9.17) is 9.84 Å². The van der Waals surface area contributed by atoms with Crippen molar-refractivity contribution in [2.75, 3.05) is 6.61 Å². The molecule has 2 atom stereocenters. The van der Waals surface area contributed by atoms with E-state index in [0.717, 1.165) is 12.1 Å². The predicted octanol–water partition coefficient (Wildman–Crippen LogP) is 2.24. The topological polar surface area (TPSA) is 71.5 Å². The van der Waals surface area contributed by atoms with Gasteiger partial charge in [0.2, 0.25) is 11.8 Å². The summed E-state index contributed by atoms with van der Waals surface area (Å²) in [6.45, 7) is 6.06. The zero-order chi connectivity index (χ0) is 16.9. The van der Waals surface area contributed by atoms with Gasteiger partial charge in [0.05, 0.1) is 0 Å². The molecule has 1 aromatic rings. The summed E-state index contributed by atoms with van der Waals surface area (Å²) in [7, 11) is 0. The smallest absolute Gasteiger partial charge is 0.220 e. The molecule has 0 aliphatic heterocycles. The van der Waals surface area contributed by atoms with Crippen molar-refractivity contribution >= 4 is 5.91 Å². The third-order valence-corrected chi connectivity index (χ3v) is 3.55. The molecule has 1 aromatic heterocycles. The van der Waals surface area contributed by atoms with Crippen LogP contribution in [0.1, 0.15) is 39.3 Å². The number of pyridine rings is 1. The van der Waals surface area contributed by atoms with Crippen LogP contribution < -0.4 is 10.1 Å². The zero-order valence-corrected chi connectivity index (χ0v) is 14.1. The third-order valence-electron chi connectivity index (χ3n) is 3.55. The molecule has 5 heteroatoms. The Labute approximate surface area is 137 Å². The molecule has 5 nitrogen and oxygen atoms in total. The van der Waals surface area contributed by atoms with Crippen LogP contribution in [0.5, 0.6) is 5.88 Å². The maximum atomic E-state index is 12.0. The van der Waals surface area contributed by atoms with E-state index in [1.807, 2.05) is 51.1 Å². The summed E-state index contributed by atoms with van der Waals surface area (Å²) in [6.07, 6.45) is 5.65. The molecule has 126 valence electrons. The Morgan fingerprint density at radius 2 is 2.17 bits per heavy atom. The van der Waals surface area contributed by atoms with Gasteiger partial charge in [-0.3, -0.25) is 4.79 Å². The van der Waals surface area contributed by atoms with Gasteiger partial charge < -0.3 is 15.2 Å². The molecule has 23 heavy (non-hydrogen) atoms. The number of hydrogen-bond donors (Lipinski definition) is 2. The van der Waals surface area contributed by atoms with Gasteiger partial charge in [-0.05, 0) is 39.7 Å². The van der Waals surface area contributed by atoms with Crippen LogP contribution in [0.15, 0.2) is 30.4 Å². The highest BCUT2D eigenvalue weighted by Gasteiger charge is 2.19. The number of aryl methyl sites for hydroxylation is 1. The number of aromatic nitrogens is 1. The second kappa shape index (κ2) is 7.59. The lowest BCUT2D eigenvalue weighted by Gasteiger charge is -2.20. The normalized spacial score (nSPS) is 20.5. The Kier molecular flexibility index (Phi) is 5.77. The maximum Gasteiger partial charge on any atom is 0.220 e. The van der Waals surface area contributed by atoms with Crippen molar-refractivity contribution < 1.29 is 14.6 Å².